The van der Waals surface area contributed by atoms with Gasteiger partial charge in [0.1, 0.15) is 5.75 Å². The average molecular weight is 367 g/mol. The number of carbonyl (C=O) groups is 2. The third kappa shape index (κ3) is 4.65. The molecule has 1 atom stereocenters. The summed E-state index contributed by atoms with van der Waals surface area (Å²) in [4.78, 5) is 26.4. The first-order valence-corrected chi connectivity index (χ1v) is 9.02. The first-order chi connectivity index (χ1) is 12.9. The summed E-state index contributed by atoms with van der Waals surface area (Å²) in [6.45, 7) is 2.98. The lowest BCUT2D eigenvalue weighted by Gasteiger charge is -2.25. The van der Waals surface area contributed by atoms with Crippen LogP contribution in [0.4, 0.5) is 5.69 Å². The molecule has 0 aromatic heterocycles. The van der Waals surface area contributed by atoms with Crippen molar-refractivity contribution in [1.82, 2.24) is 10.2 Å². The third-order valence-corrected chi connectivity index (χ3v) is 4.66. The third-order valence-electron chi connectivity index (χ3n) is 4.66. The van der Waals surface area contributed by atoms with Crippen LogP contribution in [0.5, 0.6) is 5.75 Å². The largest absolute Gasteiger partial charge is 0.493 e. The predicted molar refractivity (Wildman–Crippen MR) is 105 cm³/mol. The van der Waals surface area contributed by atoms with Gasteiger partial charge >= 0.3 is 11.8 Å². The van der Waals surface area contributed by atoms with E-state index in [2.05, 4.69) is 16.7 Å². The number of amides is 2. The quantitative estimate of drug-likeness (QED) is 0.796. The highest BCUT2D eigenvalue weighted by atomic mass is 16.5. The molecule has 1 aliphatic heterocycles. The van der Waals surface area contributed by atoms with Crippen LogP contribution in [0.3, 0.4) is 0 Å². The van der Waals surface area contributed by atoms with Gasteiger partial charge in [0.2, 0.25) is 0 Å². The number of rotatable bonds is 5. The van der Waals surface area contributed by atoms with Crippen molar-refractivity contribution >= 4 is 17.5 Å². The van der Waals surface area contributed by atoms with Crippen LogP contribution in [0.15, 0.2) is 42.5 Å². The van der Waals surface area contributed by atoms with E-state index < -0.39 is 11.8 Å². The summed E-state index contributed by atoms with van der Waals surface area (Å²) in [5, 5.41) is 5.37. The molecule has 6 heteroatoms. The van der Waals surface area contributed by atoms with Gasteiger partial charge in [-0.25, -0.2) is 0 Å². The van der Waals surface area contributed by atoms with E-state index in [1.165, 1.54) is 5.56 Å². The number of likely N-dealkylation sites (N-methyl/N-ethyl adjacent to an activating group) is 1. The maximum atomic E-state index is 12.2. The number of nitrogens with one attached hydrogen (secondary N) is 2. The molecule has 2 aromatic rings. The second-order valence-electron chi connectivity index (χ2n) is 6.98. The van der Waals surface area contributed by atoms with E-state index in [1.54, 1.807) is 6.07 Å². The van der Waals surface area contributed by atoms with Gasteiger partial charge in [-0.15, -0.1) is 0 Å². The first kappa shape index (κ1) is 18.9. The van der Waals surface area contributed by atoms with E-state index in [-0.39, 0.29) is 6.04 Å². The van der Waals surface area contributed by atoms with Gasteiger partial charge in [-0.05, 0) is 55.9 Å². The van der Waals surface area contributed by atoms with Gasteiger partial charge in [-0.3, -0.25) is 9.59 Å². The summed E-state index contributed by atoms with van der Waals surface area (Å²) in [5.41, 5.74) is 3.89. The first-order valence-electron chi connectivity index (χ1n) is 9.02. The molecular weight excluding hydrogens is 342 g/mol. The lowest BCUT2D eigenvalue weighted by molar-refractivity contribution is -0.136. The van der Waals surface area contributed by atoms with Gasteiger partial charge in [0.25, 0.3) is 0 Å². The zero-order valence-electron chi connectivity index (χ0n) is 15.9. The molecule has 0 fully saturated rings. The molecule has 1 unspecified atom stereocenters. The standard InChI is InChI=1S/C21H25N3O3/c1-14-5-4-6-17(11-14)23-21(26)20(25)22-13-18(24(2)3)15-7-8-19-16(12-15)9-10-27-19/h4-8,11-12,18H,9-10,13H2,1-3H3,(H,22,25)(H,23,26). The zero-order valence-corrected chi connectivity index (χ0v) is 15.9. The number of anilines is 1. The minimum atomic E-state index is -0.666. The van der Waals surface area contributed by atoms with Gasteiger partial charge in [0.05, 0.1) is 12.6 Å². The van der Waals surface area contributed by atoms with Crippen LogP contribution < -0.4 is 15.4 Å². The molecule has 0 radical (unpaired) electrons. The van der Waals surface area contributed by atoms with Gasteiger partial charge in [-0.2, -0.15) is 0 Å². The van der Waals surface area contributed by atoms with Crippen molar-refractivity contribution in [2.75, 3.05) is 32.6 Å². The number of carbonyl (C=O) groups excluding carboxylic acids is 2. The summed E-state index contributed by atoms with van der Waals surface area (Å²) in [7, 11) is 3.90. The van der Waals surface area contributed by atoms with Crippen molar-refractivity contribution in [3.05, 3.63) is 59.2 Å². The highest BCUT2D eigenvalue weighted by Crippen LogP contribution is 2.29. The molecule has 27 heavy (non-hydrogen) atoms. The van der Waals surface area contributed by atoms with Crippen molar-refractivity contribution in [1.29, 1.82) is 0 Å². The predicted octanol–water partition coefficient (Wildman–Crippen LogP) is 2.29. The zero-order chi connectivity index (χ0) is 19.4. The number of aryl methyl sites for hydroxylation is 1. The van der Waals surface area contributed by atoms with Crippen molar-refractivity contribution < 1.29 is 14.3 Å². The Balaban J connectivity index is 1.62. The van der Waals surface area contributed by atoms with E-state index in [9.17, 15) is 9.59 Å². The van der Waals surface area contributed by atoms with Crippen molar-refractivity contribution in [3.8, 4) is 5.75 Å². The lowest BCUT2D eigenvalue weighted by Crippen LogP contribution is -2.40. The Morgan fingerprint density at radius 2 is 1.96 bits per heavy atom. The second kappa shape index (κ2) is 8.22. The SMILES string of the molecule is Cc1cccc(NC(=O)C(=O)NCC(c2ccc3c(c2)CCO3)N(C)C)c1. The molecule has 1 heterocycles. The molecule has 0 bridgehead atoms. The fourth-order valence-electron chi connectivity index (χ4n) is 3.19. The van der Waals surface area contributed by atoms with E-state index in [4.69, 9.17) is 4.74 Å². The molecule has 0 aliphatic carbocycles. The van der Waals surface area contributed by atoms with Gasteiger partial charge in [0, 0.05) is 18.7 Å². The number of ether oxygens (including phenoxy) is 1. The maximum absolute atomic E-state index is 12.2. The summed E-state index contributed by atoms with van der Waals surface area (Å²) < 4.78 is 5.55. The van der Waals surface area contributed by atoms with Crippen molar-refractivity contribution in [2.45, 2.75) is 19.4 Å². The minimum Gasteiger partial charge on any atom is -0.493 e. The molecule has 6 nitrogen and oxygen atoms in total. The van der Waals surface area contributed by atoms with Crippen LogP contribution >= 0.6 is 0 Å². The molecule has 3 rings (SSSR count). The molecule has 0 saturated heterocycles. The smallest absolute Gasteiger partial charge is 0.313 e. The van der Waals surface area contributed by atoms with Crippen LogP contribution in [-0.4, -0.2) is 44.0 Å². The molecular formula is C21H25N3O3. The number of fused-ring (bicyclic) bond motifs is 1. The lowest BCUT2D eigenvalue weighted by atomic mass is 10.0. The topological polar surface area (TPSA) is 70.7 Å². The molecule has 142 valence electrons. The summed E-state index contributed by atoms with van der Waals surface area (Å²) in [6, 6.07) is 13.4. The van der Waals surface area contributed by atoms with Crippen molar-refractivity contribution in [3.63, 3.8) is 0 Å². The Morgan fingerprint density at radius 1 is 1.15 bits per heavy atom. The van der Waals surface area contributed by atoms with Crippen LogP contribution in [0.1, 0.15) is 22.7 Å². The van der Waals surface area contributed by atoms with Crippen LogP contribution in [0.2, 0.25) is 0 Å². The molecule has 0 saturated carbocycles. The molecule has 0 spiro atoms. The molecule has 2 N–H and O–H groups in total. The Labute approximate surface area is 159 Å². The van der Waals surface area contributed by atoms with Gasteiger partial charge < -0.3 is 20.3 Å². The van der Waals surface area contributed by atoms with E-state index >= 15 is 0 Å². The Bertz CT molecular complexity index is 848. The average Bonchev–Trinajstić information content (AvgIpc) is 3.09. The van der Waals surface area contributed by atoms with Crippen LogP contribution in [0.25, 0.3) is 0 Å². The Morgan fingerprint density at radius 3 is 2.70 bits per heavy atom. The summed E-state index contributed by atoms with van der Waals surface area (Å²) in [6.07, 6.45) is 0.897. The fraction of sp³-hybridized carbons (Fsp3) is 0.333. The Kier molecular flexibility index (Phi) is 5.76. The van der Waals surface area contributed by atoms with E-state index in [0.717, 1.165) is 23.3 Å². The number of benzene rings is 2. The Hall–Kier alpha value is -2.86. The van der Waals surface area contributed by atoms with Crippen LogP contribution in [0, 0.1) is 6.92 Å². The van der Waals surface area contributed by atoms with Gasteiger partial charge in [-0.1, -0.05) is 24.3 Å². The van der Waals surface area contributed by atoms with Gasteiger partial charge in [0.15, 0.2) is 0 Å². The van der Waals surface area contributed by atoms with Crippen molar-refractivity contribution in [2.24, 2.45) is 0 Å². The summed E-state index contributed by atoms with van der Waals surface area (Å²) in [5.74, 6) is -0.383. The normalized spacial score (nSPS) is 13.6. The highest BCUT2D eigenvalue weighted by Gasteiger charge is 2.21. The fourth-order valence-corrected chi connectivity index (χ4v) is 3.19. The second-order valence-corrected chi connectivity index (χ2v) is 6.98. The number of hydrogen-bond donors (Lipinski definition) is 2. The van der Waals surface area contributed by atoms with Crippen LogP contribution in [-0.2, 0) is 16.0 Å². The van der Waals surface area contributed by atoms with E-state index in [0.29, 0.717) is 18.8 Å². The molecule has 2 aromatic carbocycles. The minimum absolute atomic E-state index is 0.0355. The highest BCUT2D eigenvalue weighted by molar-refractivity contribution is 6.39. The number of hydrogen-bond acceptors (Lipinski definition) is 4. The van der Waals surface area contributed by atoms with E-state index in [1.807, 2.05) is 56.3 Å². The monoisotopic (exact) mass is 367 g/mol. The maximum Gasteiger partial charge on any atom is 0.313 e. The number of nitrogens with zero attached hydrogens (tertiary/aromatic N) is 1. The summed E-state index contributed by atoms with van der Waals surface area (Å²) >= 11 is 0. The molecule has 1 aliphatic rings. The molecule has 2 amide bonds.